The van der Waals surface area contributed by atoms with E-state index in [2.05, 4.69) is 42.6 Å². The summed E-state index contributed by atoms with van der Waals surface area (Å²) in [5, 5.41) is 0. The molecule has 2 heterocycles. The van der Waals surface area contributed by atoms with Gasteiger partial charge < -0.3 is 14.4 Å². The minimum atomic E-state index is 0.164. The molecule has 1 aliphatic heterocycles. The summed E-state index contributed by atoms with van der Waals surface area (Å²) in [5.41, 5.74) is 4.06. The summed E-state index contributed by atoms with van der Waals surface area (Å²) in [4.78, 5) is 17.3. The Kier molecular flexibility index (Phi) is 4.76. The molecule has 4 heteroatoms. The third kappa shape index (κ3) is 3.11. The summed E-state index contributed by atoms with van der Waals surface area (Å²) in [5.74, 6) is 0.164. The second-order valence-electron chi connectivity index (χ2n) is 6.97. The summed E-state index contributed by atoms with van der Waals surface area (Å²) >= 11 is 0. The standard InChI is InChI=1S/C20H27N3O/c1-15-13-19(16(2)23(15)17-9-6-5-7-10-17)20(24)22-12-8-11-18(14-22)21(3)4/h5-7,9-10,13,18H,8,11-12,14H2,1-4H3. The molecule has 0 radical (unpaired) electrons. The number of carbonyl (C=O) groups is 1. The van der Waals surface area contributed by atoms with Gasteiger partial charge in [0.1, 0.15) is 0 Å². The molecule has 0 saturated carbocycles. The summed E-state index contributed by atoms with van der Waals surface area (Å²) in [6, 6.07) is 12.7. The fraction of sp³-hybridized carbons (Fsp3) is 0.450. The first kappa shape index (κ1) is 16.8. The van der Waals surface area contributed by atoms with Crippen LogP contribution >= 0.6 is 0 Å². The molecule has 2 aromatic rings. The molecule has 1 saturated heterocycles. The zero-order valence-electron chi connectivity index (χ0n) is 15.1. The van der Waals surface area contributed by atoms with E-state index in [1.165, 1.54) is 6.42 Å². The van der Waals surface area contributed by atoms with Crippen molar-refractivity contribution >= 4 is 5.91 Å². The Bertz CT molecular complexity index is 718. The third-order valence-electron chi connectivity index (χ3n) is 5.09. The normalized spacial score (nSPS) is 18.2. The Labute approximate surface area is 144 Å². The number of piperidine rings is 1. The van der Waals surface area contributed by atoms with E-state index in [0.29, 0.717) is 6.04 Å². The summed E-state index contributed by atoms with van der Waals surface area (Å²) in [7, 11) is 4.19. The molecule has 0 bridgehead atoms. The van der Waals surface area contributed by atoms with Crippen LogP contribution < -0.4 is 0 Å². The van der Waals surface area contributed by atoms with Gasteiger partial charge >= 0.3 is 0 Å². The van der Waals surface area contributed by atoms with E-state index >= 15 is 0 Å². The molecule has 1 atom stereocenters. The highest BCUT2D eigenvalue weighted by Gasteiger charge is 2.27. The Balaban J connectivity index is 1.89. The van der Waals surface area contributed by atoms with Crippen molar-refractivity contribution in [2.24, 2.45) is 0 Å². The number of amides is 1. The largest absolute Gasteiger partial charge is 0.337 e. The van der Waals surface area contributed by atoms with Gasteiger partial charge in [0, 0.05) is 36.2 Å². The van der Waals surface area contributed by atoms with Crippen molar-refractivity contribution in [3.63, 3.8) is 0 Å². The van der Waals surface area contributed by atoms with Crippen molar-refractivity contribution in [2.45, 2.75) is 32.7 Å². The number of para-hydroxylation sites is 1. The molecule has 1 amide bonds. The van der Waals surface area contributed by atoms with Crippen molar-refractivity contribution < 1.29 is 4.79 Å². The average Bonchev–Trinajstić information content (AvgIpc) is 2.89. The third-order valence-corrected chi connectivity index (χ3v) is 5.09. The first-order valence-electron chi connectivity index (χ1n) is 8.69. The topological polar surface area (TPSA) is 28.5 Å². The molecule has 1 fully saturated rings. The van der Waals surface area contributed by atoms with E-state index in [9.17, 15) is 4.79 Å². The van der Waals surface area contributed by atoms with E-state index in [1.54, 1.807) is 0 Å². The molecule has 1 unspecified atom stereocenters. The highest BCUT2D eigenvalue weighted by Crippen LogP contribution is 2.24. The number of aromatic nitrogens is 1. The van der Waals surface area contributed by atoms with Crippen molar-refractivity contribution in [3.8, 4) is 5.69 Å². The SMILES string of the molecule is Cc1cc(C(=O)N2CCCC(N(C)C)C2)c(C)n1-c1ccccc1. The van der Waals surface area contributed by atoms with Crippen molar-refractivity contribution in [1.29, 1.82) is 0 Å². The monoisotopic (exact) mass is 325 g/mol. The van der Waals surface area contributed by atoms with Crippen LogP contribution in [0.4, 0.5) is 0 Å². The molecular weight excluding hydrogens is 298 g/mol. The Morgan fingerprint density at radius 2 is 1.88 bits per heavy atom. The molecule has 0 N–H and O–H groups in total. The van der Waals surface area contributed by atoms with E-state index in [0.717, 1.165) is 42.1 Å². The Morgan fingerprint density at radius 1 is 1.17 bits per heavy atom. The Morgan fingerprint density at radius 3 is 2.54 bits per heavy atom. The smallest absolute Gasteiger partial charge is 0.255 e. The van der Waals surface area contributed by atoms with E-state index in [1.807, 2.05) is 36.1 Å². The number of likely N-dealkylation sites (tertiary alicyclic amines) is 1. The van der Waals surface area contributed by atoms with Gasteiger partial charge in [0.05, 0.1) is 5.56 Å². The average molecular weight is 325 g/mol. The van der Waals surface area contributed by atoms with Gasteiger partial charge in [0.15, 0.2) is 0 Å². The zero-order valence-corrected chi connectivity index (χ0v) is 15.1. The molecule has 0 aliphatic carbocycles. The molecular formula is C20H27N3O. The van der Waals surface area contributed by atoms with Gasteiger partial charge in [-0.1, -0.05) is 18.2 Å². The summed E-state index contributed by atoms with van der Waals surface area (Å²) < 4.78 is 2.17. The molecule has 24 heavy (non-hydrogen) atoms. The molecule has 1 aromatic heterocycles. The lowest BCUT2D eigenvalue weighted by Gasteiger charge is -2.36. The van der Waals surface area contributed by atoms with Gasteiger partial charge in [-0.3, -0.25) is 4.79 Å². The number of benzene rings is 1. The summed E-state index contributed by atoms with van der Waals surface area (Å²) in [6.45, 7) is 5.79. The van der Waals surface area contributed by atoms with Crippen LogP contribution in [0.2, 0.25) is 0 Å². The van der Waals surface area contributed by atoms with Crippen molar-refractivity contribution in [1.82, 2.24) is 14.4 Å². The molecule has 3 rings (SSSR count). The van der Waals surface area contributed by atoms with Gasteiger partial charge in [-0.25, -0.2) is 0 Å². The van der Waals surface area contributed by atoms with E-state index in [4.69, 9.17) is 0 Å². The maximum Gasteiger partial charge on any atom is 0.255 e. The van der Waals surface area contributed by atoms with Crippen LogP contribution in [-0.4, -0.2) is 53.5 Å². The molecule has 1 aromatic carbocycles. The summed E-state index contributed by atoms with van der Waals surface area (Å²) in [6.07, 6.45) is 2.24. The van der Waals surface area contributed by atoms with E-state index in [-0.39, 0.29) is 5.91 Å². The van der Waals surface area contributed by atoms with Crippen molar-refractivity contribution in [2.75, 3.05) is 27.2 Å². The highest BCUT2D eigenvalue weighted by atomic mass is 16.2. The fourth-order valence-corrected chi connectivity index (χ4v) is 3.68. The number of carbonyl (C=O) groups excluding carboxylic acids is 1. The number of rotatable bonds is 3. The minimum absolute atomic E-state index is 0.164. The van der Waals surface area contributed by atoms with Gasteiger partial charge in [0.25, 0.3) is 5.91 Å². The lowest BCUT2D eigenvalue weighted by molar-refractivity contribution is 0.0634. The molecule has 1 aliphatic rings. The van der Waals surface area contributed by atoms with Crippen LogP contribution in [0.5, 0.6) is 0 Å². The Hall–Kier alpha value is -2.07. The highest BCUT2D eigenvalue weighted by molar-refractivity contribution is 5.96. The van der Waals surface area contributed by atoms with Crippen LogP contribution in [0.15, 0.2) is 36.4 Å². The van der Waals surface area contributed by atoms with Crippen LogP contribution in [0, 0.1) is 13.8 Å². The van der Waals surface area contributed by atoms with Crippen LogP contribution in [-0.2, 0) is 0 Å². The lowest BCUT2D eigenvalue weighted by atomic mass is 10.0. The molecule has 0 spiro atoms. The fourth-order valence-electron chi connectivity index (χ4n) is 3.68. The predicted molar refractivity (Wildman–Crippen MR) is 97.9 cm³/mol. The predicted octanol–water partition coefficient (Wildman–Crippen LogP) is 3.26. The van der Waals surface area contributed by atoms with Crippen molar-refractivity contribution in [3.05, 3.63) is 53.3 Å². The van der Waals surface area contributed by atoms with Gasteiger partial charge in [0.2, 0.25) is 0 Å². The maximum atomic E-state index is 13.1. The maximum absolute atomic E-state index is 13.1. The zero-order chi connectivity index (χ0) is 17.3. The number of hydrogen-bond acceptors (Lipinski definition) is 2. The number of nitrogens with zero attached hydrogens (tertiary/aromatic N) is 3. The molecule has 4 nitrogen and oxygen atoms in total. The second-order valence-corrected chi connectivity index (χ2v) is 6.97. The van der Waals surface area contributed by atoms with Gasteiger partial charge in [-0.2, -0.15) is 0 Å². The quantitative estimate of drug-likeness (QED) is 0.866. The van der Waals surface area contributed by atoms with E-state index < -0.39 is 0 Å². The van der Waals surface area contributed by atoms with Gasteiger partial charge in [-0.15, -0.1) is 0 Å². The number of likely N-dealkylation sites (N-methyl/N-ethyl adjacent to an activating group) is 1. The minimum Gasteiger partial charge on any atom is -0.337 e. The van der Waals surface area contributed by atoms with Crippen LogP contribution in [0.25, 0.3) is 5.69 Å². The van der Waals surface area contributed by atoms with Gasteiger partial charge in [-0.05, 0) is 59.0 Å². The second kappa shape index (κ2) is 6.81. The first-order valence-corrected chi connectivity index (χ1v) is 8.69. The first-order chi connectivity index (χ1) is 11.5. The number of aryl methyl sites for hydroxylation is 1. The van der Waals surface area contributed by atoms with Crippen LogP contribution in [0.3, 0.4) is 0 Å². The lowest BCUT2D eigenvalue weighted by Crippen LogP contribution is -2.47. The van der Waals surface area contributed by atoms with Crippen LogP contribution in [0.1, 0.15) is 34.6 Å². The number of hydrogen-bond donors (Lipinski definition) is 0. The molecule has 128 valence electrons.